The van der Waals surface area contributed by atoms with Gasteiger partial charge in [-0.1, -0.05) is 23.5 Å². The average molecular weight is 360 g/mol. The maximum atomic E-state index is 11.9. The van der Waals surface area contributed by atoms with Gasteiger partial charge in [-0.15, -0.1) is 10.2 Å². The van der Waals surface area contributed by atoms with E-state index in [1.807, 2.05) is 18.2 Å². The molecule has 0 fully saturated rings. The maximum Gasteiger partial charge on any atom is 0.252 e. The zero-order valence-electron chi connectivity index (χ0n) is 8.68. The molecule has 0 unspecified atom stereocenters. The van der Waals surface area contributed by atoms with Gasteiger partial charge in [0.2, 0.25) is 5.13 Å². The molecule has 7 heteroatoms. The summed E-state index contributed by atoms with van der Waals surface area (Å²) >= 11 is 3.40. The van der Waals surface area contributed by atoms with Crippen LogP contribution in [-0.4, -0.2) is 16.1 Å². The third kappa shape index (κ3) is 3.13. The number of amides is 1. The first kappa shape index (κ1) is 12.2. The minimum absolute atomic E-state index is 0.122. The highest BCUT2D eigenvalue weighted by molar-refractivity contribution is 14.1. The Kier molecular flexibility index (Phi) is 3.89. The van der Waals surface area contributed by atoms with E-state index in [2.05, 4.69) is 38.1 Å². The number of benzene rings is 1. The van der Waals surface area contributed by atoms with Crippen molar-refractivity contribution in [3.63, 3.8) is 0 Å². The van der Waals surface area contributed by atoms with Crippen LogP contribution in [0.5, 0.6) is 0 Å². The van der Waals surface area contributed by atoms with Crippen molar-refractivity contribution >= 4 is 45.0 Å². The number of nitrogens with one attached hydrogen (secondary N) is 1. The second-order valence-corrected chi connectivity index (χ2v) is 5.45. The van der Waals surface area contributed by atoms with Gasteiger partial charge in [0.05, 0.1) is 12.1 Å². The first-order valence-corrected chi connectivity index (χ1v) is 6.67. The lowest BCUT2D eigenvalue weighted by Gasteiger charge is -2.04. The van der Waals surface area contributed by atoms with Gasteiger partial charge in [0.25, 0.3) is 5.91 Å². The molecule has 0 aliphatic rings. The fraction of sp³-hybridized carbons (Fsp3) is 0.100. The van der Waals surface area contributed by atoms with Gasteiger partial charge in [-0.2, -0.15) is 0 Å². The summed E-state index contributed by atoms with van der Waals surface area (Å²) in [5, 5.41) is 11.4. The van der Waals surface area contributed by atoms with Gasteiger partial charge in [-0.25, -0.2) is 0 Å². The molecule has 3 N–H and O–H groups in total. The molecule has 1 aromatic heterocycles. The molecule has 0 spiro atoms. The highest BCUT2D eigenvalue weighted by Crippen LogP contribution is 2.13. The number of nitrogens with zero attached hydrogens (tertiary/aromatic N) is 2. The smallest absolute Gasteiger partial charge is 0.252 e. The number of carbonyl (C=O) groups is 1. The van der Waals surface area contributed by atoms with E-state index in [0.717, 1.165) is 3.57 Å². The predicted molar refractivity (Wildman–Crippen MR) is 74.7 cm³/mol. The SMILES string of the molecule is Nc1nnc(CNC(=O)c2ccccc2I)s1. The van der Waals surface area contributed by atoms with Gasteiger partial charge < -0.3 is 11.1 Å². The number of hydrogen-bond donors (Lipinski definition) is 2. The monoisotopic (exact) mass is 360 g/mol. The van der Waals surface area contributed by atoms with Crippen molar-refractivity contribution in [1.82, 2.24) is 15.5 Å². The molecule has 0 saturated carbocycles. The Bertz CT molecular complexity index is 543. The van der Waals surface area contributed by atoms with Crippen LogP contribution in [0.25, 0.3) is 0 Å². The van der Waals surface area contributed by atoms with Crippen LogP contribution in [0.4, 0.5) is 5.13 Å². The summed E-state index contributed by atoms with van der Waals surface area (Å²) in [5.74, 6) is -0.122. The maximum absolute atomic E-state index is 11.9. The summed E-state index contributed by atoms with van der Waals surface area (Å²) in [5.41, 5.74) is 6.11. The highest BCUT2D eigenvalue weighted by Gasteiger charge is 2.09. The molecule has 17 heavy (non-hydrogen) atoms. The largest absolute Gasteiger partial charge is 0.374 e. The predicted octanol–water partition coefficient (Wildman–Crippen LogP) is 1.65. The molecule has 0 atom stereocenters. The third-order valence-corrected chi connectivity index (χ3v) is 3.69. The number of carbonyl (C=O) groups excluding carboxylic acids is 1. The molecule has 1 heterocycles. The minimum atomic E-state index is -0.122. The number of nitrogens with two attached hydrogens (primary N) is 1. The molecular weight excluding hydrogens is 351 g/mol. The van der Waals surface area contributed by atoms with Crippen molar-refractivity contribution in [3.8, 4) is 0 Å². The number of rotatable bonds is 3. The lowest BCUT2D eigenvalue weighted by atomic mass is 10.2. The molecule has 1 amide bonds. The van der Waals surface area contributed by atoms with Crippen LogP contribution < -0.4 is 11.1 Å². The zero-order valence-corrected chi connectivity index (χ0v) is 11.7. The van der Waals surface area contributed by atoms with E-state index in [4.69, 9.17) is 5.73 Å². The number of halogens is 1. The number of anilines is 1. The van der Waals surface area contributed by atoms with Crippen LogP contribution >= 0.6 is 33.9 Å². The van der Waals surface area contributed by atoms with Crippen LogP contribution in [0.15, 0.2) is 24.3 Å². The Balaban J connectivity index is 2.01. The Morgan fingerprint density at radius 3 is 2.82 bits per heavy atom. The number of hydrogen-bond acceptors (Lipinski definition) is 5. The van der Waals surface area contributed by atoms with Gasteiger partial charge in [0.15, 0.2) is 0 Å². The van der Waals surface area contributed by atoms with E-state index in [0.29, 0.717) is 22.2 Å². The van der Waals surface area contributed by atoms with E-state index in [1.165, 1.54) is 11.3 Å². The molecule has 0 saturated heterocycles. The van der Waals surface area contributed by atoms with Gasteiger partial charge in [0.1, 0.15) is 5.01 Å². The molecular formula is C10H9IN4OS. The van der Waals surface area contributed by atoms with E-state index in [1.54, 1.807) is 6.07 Å². The van der Waals surface area contributed by atoms with E-state index in [9.17, 15) is 4.79 Å². The van der Waals surface area contributed by atoms with Gasteiger partial charge in [-0.3, -0.25) is 4.79 Å². The fourth-order valence-electron chi connectivity index (χ4n) is 1.23. The normalized spacial score (nSPS) is 10.2. The molecule has 5 nitrogen and oxygen atoms in total. The summed E-state index contributed by atoms with van der Waals surface area (Å²) < 4.78 is 0.916. The topological polar surface area (TPSA) is 80.9 Å². The van der Waals surface area contributed by atoms with Crippen LogP contribution in [0.3, 0.4) is 0 Å². The summed E-state index contributed by atoms with van der Waals surface area (Å²) in [4.78, 5) is 11.9. The van der Waals surface area contributed by atoms with E-state index < -0.39 is 0 Å². The molecule has 0 aliphatic carbocycles. The second-order valence-electron chi connectivity index (χ2n) is 3.20. The molecule has 1 aromatic carbocycles. The summed E-state index contributed by atoms with van der Waals surface area (Å²) in [7, 11) is 0. The molecule has 2 aromatic rings. The molecule has 88 valence electrons. The van der Waals surface area contributed by atoms with Crippen molar-refractivity contribution in [2.75, 3.05) is 5.73 Å². The van der Waals surface area contributed by atoms with Crippen molar-refractivity contribution in [2.45, 2.75) is 6.54 Å². The third-order valence-electron chi connectivity index (χ3n) is 2.00. The fourth-order valence-corrected chi connectivity index (χ4v) is 2.42. The summed E-state index contributed by atoms with van der Waals surface area (Å²) in [6, 6.07) is 7.40. The summed E-state index contributed by atoms with van der Waals surface area (Å²) in [6.45, 7) is 0.346. The Labute approximate surface area is 116 Å². The van der Waals surface area contributed by atoms with Crippen molar-refractivity contribution in [2.24, 2.45) is 0 Å². The lowest BCUT2D eigenvalue weighted by molar-refractivity contribution is 0.0950. The van der Waals surface area contributed by atoms with Crippen molar-refractivity contribution in [3.05, 3.63) is 38.4 Å². The molecule has 0 bridgehead atoms. The quantitative estimate of drug-likeness (QED) is 0.816. The van der Waals surface area contributed by atoms with Crippen molar-refractivity contribution < 1.29 is 4.79 Å². The first-order chi connectivity index (χ1) is 8.16. The Morgan fingerprint density at radius 1 is 1.41 bits per heavy atom. The van der Waals surface area contributed by atoms with Crippen molar-refractivity contribution in [1.29, 1.82) is 0 Å². The van der Waals surface area contributed by atoms with Crippen LogP contribution in [-0.2, 0) is 6.54 Å². The minimum Gasteiger partial charge on any atom is -0.374 e. The van der Waals surface area contributed by atoms with Gasteiger partial charge in [-0.05, 0) is 34.7 Å². The van der Waals surface area contributed by atoms with Gasteiger partial charge in [0, 0.05) is 3.57 Å². The number of nitrogen functional groups attached to an aromatic ring is 1. The summed E-state index contributed by atoms with van der Waals surface area (Å²) in [6.07, 6.45) is 0. The van der Waals surface area contributed by atoms with E-state index in [-0.39, 0.29) is 5.91 Å². The Morgan fingerprint density at radius 2 is 2.18 bits per heavy atom. The highest BCUT2D eigenvalue weighted by atomic mass is 127. The zero-order chi connectivity index (χ0) is 12.3. The van der Waals surface area contributed by atoms with Crippen LogP contribution in [0.1, 0.15) is 15.4 Å². The van der Waals surface area contributed by atoms with E-state index >= 15 is 0 Å². The molecule has 2 rings (SSSR count). The van der Waals surface area contributed by atoms with Crippen LogP contribution in [0.2, 0.25) is 0 Å². The van der Waals surface area contributed by atoms with Crippen LogP contribution in [0, 0.1) is 3.57 Å². The van der Waals surface area contributed by atoms with Gasteiger partial charge >= 0.3 is 0 Å². The molecule has 0 radical (unpaired) electrons. The Hall–Kier alpha value is -1.22. The molecule has 0 aliphatic heterocycles. The number of aromatic nitrogens is 2. The average Bonchev–Trinajstić information content (AvgIpc) is 2.73. The lowest BCUT2D eigenvalue weighted by Crippen LogP contribution is -2.23. The second kappa shape index (κ2) is 5.41. The first-order valence-electron chi connectivity index (χ1n) is 4.77. The standard InChI is InChI=1S/C10H9IN4OS/c11-7-4-2-1-3-6(7)9(16)13-5-8-14-15-10(12)17-8/h1-4H,5H2,(H2,12,15)(H,13,16).